The Morgan fingerprint density at radius 3 is 1.82 bits per heavy atom. The molecule has 3 aliphatic heterocycles. The Hall–Kier alpha value is -1.47. The Balaban J connectivity index is 1.08. The topological polar surface area (TPSA) is 315 Å². The zero-order valence-electron chi connectivity index (χ0n) is 39.8. The Morgan fingerprint density at radius 2 is 1.21 bits per heavy atom. The van der Waals surface area contributed by atoms with Gasteiger partial charge in [-0.25, -0.2) is 4.79 Å². The SMILES string of the molecule is CC1(C)CC2C3=CCC4[C@@]5(C)CC[C@H](O[C@@H]6O[C@H](C(=O)O)[C@@H](O)[C@H](O)[C@H]6O[C@@H]6O[C@H](CO)[C@H](O)[C@H](O)[C@H]6O[C@@H]6O[C@H](CO)[C@@H](O)[C@H](O)[C@H]6O)[C@](C)(CO)C5CC[C@@]4(C)C3(C)CC[C@@]2(C)[C@H](O)C1. The minimum Gasteiger partial charge on any atom is -0.479 e. The van der Waals surface area contributed by atoms with Crippen molar-refractivity contribution >= 4 is 5.97 Å². The molecule has 5 aliphatic carbocycles. The number of allylic oxidation sites excluding steroid dienone is 2. The van der Waals surface area contributed by atoms with E-state index in [9.17, 15) is 66.1 Å². The third-order valence-corrected chi connectivity index (χ3v) is 19.5. The number of fused-ring (bicyclic) bond motifs is 7. The molecule has 19 nitrogen and oxygen atoms in total. The van der Waals surface area contributed by atoms with Crippen LogP contribution in [0.3, 0.4) is 0 Å². The maximum absolute atomic E-state index is 12.5. The fourth-order valence-electron chi connectivity index (χ4n) is 15.2. The van der Waals surface area contributed by atoms with Crippen molar-refractivity contribution in [2.75, 3.05) is 19.8 Å². The van der Waals surface area contributed by atoms with Gasteiger partial charge in [0, 0.05) is 10.8 Å². The lowest BCUT2D eigenvalue weighted by atomic mass is 9.33. The summed E-state index contributed by atoms with van der Waals surface area (Å²) in [5, 5.41) is 130. The molecule has 19 heteroatoms. The summed E-state index contributed by atoms with van der Waals surface area (Å²) < 4.78 is 36.0. The summed E-state index contributed by atoms with van der Waals surface area (Å²) in [4.78, 5) is 12.5. The van der Waals surface area contributed by atoms with Crippen molar-refractivity contribution in [2.24, 2.45) is 50.2 Å². The Labute approximate surface area is 392 Å². The molecule has 12 N–H and O–H groups in total. The average Bonchev–Trinajstić information content (AvgIpc) is 3.27. The van der Waals surface area contributed by atoms with Gasteiger partial charge in [-0.15, -0.1) is 0 Å². The van der Waals surface area contributed by atoms with Gasteiger partial charge in [0.1, 0.15) is 67.1 Å². The van der Waals surface area contributed by atoms with Crippen LogP contribution in [0.25, 0.3) is 0 Å². The standard InChI is InChI=1S/C48H78O19/c1-43(2)16-22-21-8-9-26-45(4)12-11-28(46(5,20-51)25(45)10-13-48(26,7)47(21,6)15-14-44(22,3)27(52)17-43)64-42-38(34(58)33(57)36(65-42)39(60)61)67-41-37(32(56)30(54)24(19-50)63-41)66-40-35(59)31(55)29(53)23(18-49)62-40/h8,22-38,40-42,49-59H,9-20H2,1-7H3,(H,60,61)/t22?,23-,24-,25?,26?,27-,28+,29-,30+,31+,32+,33+,34+,35-,36+,37-,38-,40+,41+,42-,44-,45+,46-,47?,48-/m1/s1. The van der Waals surface area contributed by atoms with Crippen molar-refractivity contribution in [1.29, 1.82) is 0 Å². The van der Waals surface area contributed by atoms with E-state index in [1.165, 1.54) is 5.57 Å². The highest BCUT2D eigenvalue weighted by atomic mass is 16.8. The monoisotopic (exact) mass is 959 g/mol. The van der Waals surface area contributed by atoms with Gasteiger partial charge in [0.2, 0.25) is 0 Å². The van der Waals surface area contributed by atoms with E-state index in [4.69, 9.17) is 28.4 Å². The molecular formula is C48H78O19. The van der Waals surface area contributed by atoms with Crippen molar-refractivity contribution in [3.63, 3.8) is 0 Å². The van der Waals surface area contributed by atoms with E-state index in [2.05, 4.69) is 47.6 Å². The number of hydrogen-bond donors (Lipinski definition) is 12. The molecule has 0 bridgehead atoms. The number of aliphatic hydroxyl groups excluding tert-OH is 11. The number of rotatable bonds is 10. The minimum atomic E-state index is -2.10. The molecule has 8 aliphatic rings. The van der Waals surface area contributed by atoms with Gasteiger partial charge in [-0.2, -0.15) is 0 Å². The predicted octanol–water partition coefficient (Wildman–Crippen LogP) is -0.323. The van der Waals surface area contributed by atoms with Crippen molar-refractivity contribution in [3.8, 4) is 0 Å². The normalized spacial score (nSPS) is 55.3. The second-order valence-electron chi connectivity index (χ2n) is 23.6. The fourth-order valence-corrected chi connectivity index (χ4v) is 15.2. The number of aliphatic hydroxyl groups is 11. The zero-order valence-corrected chi connectivity index (χ0v) is 39.8. The van der Waals surface area contributed by atoms with Crippen LogP contribution in [0.4, 0.5) is 0 Å². The maximum Gasteiger partial charge on any atom is 0.335 e. The Bertz CT molecular complexity index is 1830. The van der Waals surface area contributed by atoms with Gasteiger partial charge in [-0.3, -0.25) is 0 Å². The summed E-state index contributed by atoms with van der Waals surface area (Å²) in [6, 6.07) is 0. The zero-order chi connectivity index (χ0) is 49.1. The molecular weight excluding hydrogens is 881 g/mol. The third-order valence-electron chi connectivity index (χ3n) is 19.5. The summed E-state index contributed by atoms with van der Waals surface area (Å²) in [5.41, 5.74) is -0.143. The smallest absolute Gasteiger partial charge is 0.335 e. The first kappa shape index (κ1) is 51.9. The fraction of sp³-hybridized carbons (Fsp3) is 0.938. The lowest BCUT2D eigenvalue weighted by Crippen LogP contribution is -2.68. The van der Waals surface area contributed by atoms with E-state index in [0.717, 1.165) is 44.9 Å². The molecule has 0 aromatic heterocycles. The number of carbonyl (C=O) groups is 1. The summed E-state index contributed by atoms with van der Waals surface area (Å²) in [7, 11) is 0. The number of hydrogen-bond acceptors (Lipinski definition) is 18. The van der Waals surface area contributed by atoms with E-state index >= 15 is 0 Å². The van der Waals surface area contributed by atoms with Crippen LogP contribution in [-0.2, 0) is 33.2 Å². The Kier molecular flexibility index (Phi) is 14.1. The molecule has 0 aromatic rings. The van der Waals surface area contributed by atoms with Crippen LogP contribution in [0, 0.1) is 50.2 Å². The minimum absolute atomic E-state index is 0.00861. The van der Waals surface area contributed by atoms with Crippen LogP contribution in [0.1, 0.15) is 106 Å². The molecule has 0 radical (unpaired) electrons. The Morgan fingerprint density at radius 1 is 0.627 bits per heavy atom. The van der Waals surface area contributed by atoms with E-state index < -0.39 is 123 Å². The van der Waals surface area contributed by atoms with Crippen LogP contribution in [0.5, 0.6) is 0 Å². The van der Waals surface area contributed by atoms with E-state index in [-0.39, 0.29) is 57.5 Å². The van der Waals surface area contributed by atoms with Gasteiger partial charge < -0.3 is 89.7 Å². The van der Waals surface area contributed by atoms with E-state index in [1.807, 2.05) is 6.92 Å². The third kappa shape index (κ3) is 8.10. The summed E-state index contributed by atoms with van der Waals surface area (Å²) >= 11 is 0. The molecule has 4 unspecified atom stereocenters. The highest BCUT2D eigenvalue weighted by Gasteiger charge is 2.70. The molecule has 0 amide bonds. The van der Waals surface area contributed by atoms with Gasteiger partial charge in [-0.1, -0.05) is 60.1 Å². The second kappa shape index (κ2) is 18.2. The molecule has 67 heavy (non-hydrogen) atoms. The lowest BCUT2D eigenvalue weighted by Gasteiger charge is -2.72. The van der Waals surface area contributed by atoms with Crippen LogP contribution in [0.15, 0.2) is 11.6 Å². The molecule has 8 rings (SSSR count). The van der Waals surface area contributed by atoms with Crippen molar-refractivity contribution < 1.29 is 94.5 Å². The van der Waals surface area contributed by atoms with Gasteiger partial charge in [0.15, 0.2) is 25.0 Å². The van der Waals surface area contributed by atoms with Crippen LogP contribution < -0.4 is 0 Å². The van der Waals surface area contributed by atoms with Crippen molar-refractivity contribution in [2.45, 2.75) is 211 Å². The predicted molar refractivity (Wildman–Crippen MR) is 232 cm³/mol. The summed E-state index contributed by atoms with van der Waals surface area (Å²) in [6.45, 7) is 14.0. The first-order valence-electron chi connectivity index (χ1n) is 24.4. The number of aliphatic carboxylic acids is 1. The summed E-state index contributed by atoms with van der Waals surface area (Å²) in [5.74, 6) is -1.22. The quantitative estimate of drug-likeness (QED) is 0.0986. The molecule has 7 fully saturated rings. The first-order chi connectivity index (χ1) is 31.3. The molecule has 4 saturated carbocycles. The summed E-state index contributed by atoms with van der Waals surface area (Å²) in [6.07, 6.45) is -19.2. The molecule has 25 atom stereocenters. The van der Waals surface area contributed by atoms with Gasteiger partial charge in [-0.05, 0) is 97.2 Å². The molecule has 0 aromatic carbocycles. The van der Waals surface area contributed by atoms with Crippen molar-refractivity contribution in [1.82, 2.24) is 0 Å². The molecule has 384 valence electrons. The molecule has 3 heterocycles. The highest BCUT2D eigenvalue weighted by Crippen LogP contribution is 2.76. The van der Waals surface area contributed by atoms with E-state index in [0.29, 0.717) is 12.8 Å². The number of carboxylic acids is 1. The first-order valence-corrected chi connectivity index (χ1v) is 24.4. The largest absolute Gasteiger partial charge is 0.479 e. The van der Waals surface area contributed by atoms with Gasteiger partial charge >= 0.3 is 5.97 Å². The van der Waals surface area contributed by atoms with Gasteiger partial charge in [0.05, 0.1) is 32.0 Å². The number of ether oxygens (including phenoxy) is 6. The number of carboxylic acid groups (broad SMARTS) is 1. The van der Waals surface area contributed by atoms with Gasteiger partial charge in [0.25, 0.3) is 0 Å². The van der Waals surface area contributed by atoms with Crippen LogP contribution in [0.2, 0.25) is 0 Å². The maximum atomic E-state index is 12.5. The van der Waals surface area contributed by atoms with Crippen LogP contribution in [-0.4, -0.2) is 191 Å². The molecule has 0 spiro atoms. The van der Waals surface area contributed by atoms with E-state index in [1.54, 1.807) is 0 Å². The second-order valence-corrected chi connectivity index (χ2v) is 23.6. The average molecular weight is 959 g/mol. The van der Waals surface area contributed by atoms with Crippen LogP contribution >= 0.6 is 0 Å². The highest BCUT2D eigenvalue weighted by molar-refractivity contribution is 5.73. The lowest BCUT2D eigenvalue weighted by molar-refractivity contribution is -0.397. The molecule has 3 saturated heterocycles. The van der Waals surface area contributed by atoms with Crippen molar-refractivity contribution in [3.05, 3.63) is 11.6 Å².